The maximum absolute atomic E-state index is 4.37. The van der Waals surface area contributed by atoms with Crippen molar-refractivity contribution in [3.63, 3.8) is 0 Å². The van der Waals surface area contributed by atoms with Crippen molar-refractivity contribution in [1.82, 2.24) is 19.6 Å². The van der Waals surface area contributed by atoms with Crippen LogP contribution in [0.5, 0.6) is 0 Å². The fraction of sp³-hybridized carbons (Fsp3) is 0.312. The van der Waals surface area contributed by atoms with Gasteiger partial charge in [0.15, 0.2) is 5.82 Å². The molecular formula is C16H18N6. The van der Waals surface area contributed by atoms with Gasteiger partial charge in [0.25, 0.3) is 0 Å². The Kier molecular flexibility index (Phi) is 3.34. The second-order valence-corrected chi connectivity index (χ2v) is 5.65. The van der Waals surface area contributed by atoms with Gasteiger partial charge in [0.2, 0.25) is 5.65 Å². The van der Waals surface area contributed by atoms with E-state index in [-0.39, 0.29) is 0 Å². The fourth-order valence-corrected chi connectivity index (χ4v) is 3.00. The Morgan fingerprint density at radius 3 is 3.05 bits per heavy atom. The van der Waals surface area contributed by atoms with Crippen molar-refractivity contribution in [3.05, 3.63) is 49.1 Å². The van der Waals surface area contributed by atoms with Crippen LogP contribution in [0.2, 0.25) is 0 Å². The second-order valence-electron chi connectivity index (χ2n) is 5.65. The molecule has 0 aliphatic carbocycles. The summed E-state index contributed by atoms with van der Waals surface area (Å²) >= 11 is 0. The predicted octanol–water partition coefficient (Wildman–Crippen LogP) is 2.06. The topological polar surface area (TPSA) is 58.4 Å². The lowest BCUT2D eigenvalue weighted by atomic mass is 10.1. The number of nitrogens with one attached hydrogen (secondary N) is 1. The highest BCUT2D eigenvalue weighted by molar-refractivity contribution is 5.61. The number of para-hydroxylation sites is 1. The third kappa shape index (κ3) is 2.47. The summed E-state index contributed by atoms with van der Waals surface area (Å²) in [6.45, 7) is 3.09. The van der Waals surface area contributed by atoms with Crippen LogP contribution in [0, 0.1) is 5.92 Å². The van der Waals surface area contributed by atoms with Crippen LogP contribution in [0.25, 0.3) is 5.65 Å². The van der Waals surface area contributed by atoms with Gasteiger partial charge < -0.3 is 10.2 Å². The minimum Gasteiger partial charge on any atom is -0.371 e. The molecule has 0 saturated carbocycles. The van der Waals surface area contributed by atoms with Crippen molar-refractivity contribution >= 4 is 17.2 Å². The zero-order chi connectivity index (χ0) is 14.8. The second kappa shape index (κ2) is 5.63. The lowest BCUT2D eigenvalue weighted by molar-refractivity contribution is 0.621. The SMILES string of the molecule is c1ccc(N2CC[C@@H](CNc3nccn4cnnc34)C2)cc1. The molecule has 3 heterocycles. The largest absolute Gasteiger partial charge is 0.371 e. The van der Waals surface area contributed by atoms with Gasteiger partial charge >= 0.3 is 0 Å². The summed E-state index contributed by atoms with van der Waals surface area (Å²) in [5, 5.41) is 11.4. The van der Waals surface area contributed by atoms with Crippen LogP contribution < -0.4 is 10.2 Å². The fourth-order valence-electron chi connectivity index (χ4n) is 3.00. The molecule has 1 N–H and O–H groups in total. The van der Waals surface area contributed by atoms with Gasteiger partial charge in [0.1, 0.15) is 6.33 Å². The van der Waals surface area contributed by atoms with Gasteiger partial charge in [0.05, 0.1) is 0 Å². The van der Waals surface area contributed by atoms with E-state index in [9.17, 15) is 0 Å². The Morgan fingerprint density at radius 1 is 1.23 bits per heavy atom. The molecule has 1 fully saturated rings. The zero-order valence-electron chi connectivity index (χ0n) is 12.3. The van der Waals surface area contributed by atoms with E-state index < -0.39 is 0 Å². The minimum atomic E-state index is 0.616. The maximum atomic E-state index is 4.37. The Bertz CT molecular complexity index is 753. The molecule has 6 heteroatoms. The highest BCUT2D eigenvalue weighted by atomic mass is 15.2. The maximum Gasteiger partial charge on any atom is 0.203 e. The van der Waals surface area contributed by atoms with Gasteiger partial charge in [-0.15, -0.1) is 10.2 Å². The van der Waals surface area contributed by atoms with Gasteiger partial charge in [-0.05, 0) is 24.5 Å². The Balaban J connectivity index is 1.40. The third-order valence-electron chi connectivity index (χ3n) is 4.18. The Hall–Kier alpha value is -2.63. The number of aromatic nitrogens is 4. The van der Waals surface area contributed by atoms with Gasteiger partial charge in [-0.3, -0.25) is 4.40 Å². The molecule has 1 saturated heterocycles. The quantitative estimate of drug-likeness (QED) is 0.798. The summed E-state index contributed by atoms with van der Waals surface area (Å²) in [7, 11) is 0. The number of fused-ring (bicyclic) bond motifs is 1. The molecule has 22 heavy (non-hydrogen) atoms. The van der Waals surface area contributed by atoms with Gasteiger partial charge in [-0.25, -0.2) is 4.98 Å². The van der Waals surface area contributed by atoms with E-state index in [1.165, 1.54) is 12.1 Å². The number of benzene rings is 1. The van der Waals surface area contributed by atoms with E-state index in [1.54, 1.807) is 12.5 Å². The average molecular weight is 294 g/mol. The minimum absolute atomic E-state index is 0.616. The Labute approximate surface area is 128 Å². The van der Waals surface area contributed by atoms with Crippen LogP contribution in [-0.2, 0) is 0 Å². The summed E-state index contributed by atoms with van der Waals surface area (Å²) in [4.78, 5) is 6.81. The molecule has 1 aliphatic heterocycles. The van der Waals surface area contributed by atoms with Crippen molar-refractivity contribution in [2.24, 2.45) is 5.92 Å². The number of nitrogens with zero attached hydrogens (tertiary/aromatic N) is 5. The number of rotatable bonds is 4. The van der Waals surface area contributed by atoms with Crippen molar-refractivity contribution in [1.29, 1.82) is 0 Å². The monoisotopic (exact) mass is 294 g/mol. The number of anilines is 2. The molecule has 4 rings (SSSR count). The van der Waals surface area contributed by atoms with Gasteiger partial charge in [0, 0.05) is 37.7 Å². The molecule has 112 valence electrons. The molecule has 0 amide bonds. The van der Waals surface area contributed by atoms with E-state index in [1.807, 2.05) is 10.6 Å². The first-order valence-corrected chi connectivity index (χ1v) is 7.58. The number of hydrogen-bond acceptors (Lipinski definition) is 5. The van der Waals surface area contributed by atoms with Gasteiger partial charge in [-0.1, -0.05) is 18.2 Å². The summed E-state index contributed by atoms with van der Waals surface area (Å²) < 4.78 is 1.88. The average Bonchev–Trinajstić information content (AvgIpc) is 3.23. The standard InChI is InChI=1S/C16H18N6/c1-2-4-14(5-3-1)21-8-6-13(11-21)10-18-15-16-20-19-12-22(16)9-7-17-15/h1-5,7,9,12-13H,6,8,10-11H2,(H,17,18)/t13-/m0/s1. The van der Waals surface area contributed by atoms with Crippen molar-refractivity contribution in [3.8, 4) is 0 Å². The first kappa shape index (κ1) is 13.1. The molecule has 1 atom stereocenters. The summed E-state index contributed by atoms with van der Waals surface area (Å²) in [6.07, 6.45) is 6.50. The summed E-state index contributed by atoms with van der Waals surface area (Å²) in [5.74, 6) is 1.42. The lowest BCUT2D eigenvalue weighted by Gasteiger charge is -2.18. The van der Waals surface area contributed by atoms with Crippen LogP contribution >= 0.6 is 0 Å². The van der Waals surface area contributed by atoms with Crippen LogP contribution in [0.3, 0.4) is 0 Å². The normalized spacial score (nSPS) is 18.0. The zero-order valence-corrected chi connectivity index (χ0v) is 12.3. The van der Waals surface area contributed by atoms with E-state index in [4.69, 9.17) is 0 Å². The summed E-state index contributed by atoms with van der Waals surface area (Å²) in [6, 6.07) is 10.6. The molecule has 0 unspecified atom stereocenters. The van der Waals surface area contributed by atoms with Crippen LogP contribution in [0.1, 0.15) is 6.42 Å². The van der Waals surface area contributed by atoms with E-state index in [2.05, 4.69) is 55.7 Å². The molecule has 6 nitrogen and oxygen atoms in total. The van der Waals surface area contributed by atoms with E-state index in [0.717, 1.165) is 31.1 Å². The molecule has 0 radical (unpaired) electrons. The van der Waals surface area contributed by atoms with Crippen molar-refractivity contribution in [2.45, 2.75) is 6.42 Å². The molecule has 1 aliphatic rings. The van der Waals surface area contributed by atoms with Crippen LogP contribution in [-0.4, -0.2) is 39.2 Å². The molecule has 2 aromatic heterocycles. The van der Waals surface area contributed by atoms with Crippen molar-refractivity contribution in [2.75, 3.05) is 29.9 Å². The van der Waals surface area contributed by atoms with E-state index in [0.29, 0.717) is 5.92 Å². The first-order valence-electron chi connectivity index (χ1n) is 7.58. The summed E-state index contributed by atoms with van der Waals surface area (Å²) in [5.41, 5.74) is 2.09. The number of hydrogen-bond donors (Lipinski definition) is 1. The molecule has 1 aromatic carbocycles. The van der Waals surface area contributed by atoms with Gasteiger partial charge in [-0.2, -0.15) is 0 Å². The van der Waals surface area contributed by atoms with Crippen LogP contribution in [0.4, 0.5) is 11.5 Å². The molecule has 0 spiro atoms. The lowest BCUT2D eigenvalue weighted by Crippen LogP contribution is -2.22. The van der Waals surface area contributed by atoms with Crippen LogP contribution in [0.15, 0.2) is 49.1 Å². The third-order valence-corrected chi connectivity index (χ3v) is 4.18. The molecule has 3 aromatic rings. The van der Waals surface area contributed by atoms with E-state index >= 15 is 0 Å². The first-order chi connectivity index (χ1) is 10.9. The Morgan fingerprint density at radius 2 is 2.14 bits per heavy atom. The predicted molar refractivity (Wildman–Crippen MR) is 86.0 cm³/mol. The highest BCUT2D eigenvalue weighted by Crippen LogP contribution is 2.23. The smallest absolute Gasteiger partial charge is 0.203 e. The highest BCUT2D eigenvalue weighted by Gasteiger charge is 2.22. The molecular weight excluding hydrogens is 276 g/mol. The molecule has 0 bridgehead atoms. The van der Waals surface area contributed by atoms with Crippen molar-refractivity contribution < 1.29 is 0 Å².